The van der Waals surface area contributed by atoms with E-state index in [9.17, 15) is 19.6 Å². The zero-order chi connectivity index (χ0) is 29.4. The van der Waals surface area contributed by atoms with Gasteiger partial charge in [0.1, 0.15) is 5.76 Å². The smallest absolute Gasteiger partial charge is 0.290 e. The van der Waals surface area contributed by atoms with Crippen LogP contribution in [-0.4, -0.2) is 33.2 Å². The summed E-state index contributed by atoms with van der Waals surface area (Å²) in [5, 5.41) is 16.3. The van der Waals surface area contributed by atoms with E-state index in [1.807, 2.05) is 36.6 Å². The molecule has 0 saturated heterocycles. The molecule has 0 spiro atoms. The molecule has 5 aromatic rings. The summed E-state index contributed by atoms with van der Waals surface area (Å²) in [7, 11) is 3.09. The van der Waals surface area contributed by atoms with Crippen LogP contribution >= 0.6 is 0 Å². The van der Waals surface area contributed by atoms with Gasteiger partial charge >= 0.3 is 0 Å². The zero-order valence-corrected chi connectivity index (χ0v) is 23.3. The predicted octanol–water partition coefficient (Wildman–Crippen LogP) is 4.78. The fraction of sp³-hybridized carbons (Fsp3) is 0.194. The van der Waals surface area contributed by atoms with Crippen LogP contribution in [0.2, 0.25) is 0 Å². The number of carbonyl (C=O) groups excluding carboxylic acids is 2. The van der Waals surface area contributed by atoms with Crippen LogP contribution in [0, 0.1) is 25.2 Å². The minimum Gasteiger partial charge on any atom is -0.381 e. The van der Waals surface area contributed by atoms with Crippen molar-refractivity contribution in [2.75, 3.05) is 12.4 Å². The number of rotatable bonds is 6. The molecule has 0 atom stereocenters. The van der Waals surface area contributed by atoms with Crippen LogP contribution in [0.1, 0.15) is 44.8 Å². The van der Waals surface area contributed by atoms with Gasteiger partial charge in [-0.05, 0) is 62.7 Å². The zero-order valence-electron chi connectivity index (χ0n) is 23.3. The number of hydrogen-bond acceptors (Lipinski definition) is 6. The van der Waals surface area contributed by atoms with Gasteiger partial charge in [-0.3, -0.25) is 14.4 Å². The second-order valence-electron chi connectivity index (χ2n) is 9.64. The number of carbonyl (C=O) groups is 2. The molecule has 206 valence electrons. The van der Waals surface area contributed by atoms with Gasteiger partial charge in [-0.15, -0.1) is 0 Å². The van der Waals surface area contributed by atoms with E-state index in [2.05, 4.69) is 21.7 Å². The molecule has 3 heterocycles. The number of amides is 2. The van der Waals surface area contributed by atoms with Crippen molar-refractivity contribution in [3.63, 3.8) is 0 Å². The summed E-state index contributed by atoms with van der Waals surface area (Å²) in [5.41, 5.74) is 4.90. The van der Waals surface area contributed by atoms with E-state index in [1.165, 1.54) is 0 Å². The number of nitrogens with one attached hydrogen (secondary N) is 2. The largest absolute Gasteiger partial charge is 0.381 e. The molecule has 2 N–H and O–H groups in total. The minimum absolute atomic E-state index is 0.228. The summed E-state index contributed by atoms with van der Waals surface area (Å²) < 4.78 is 8.55. The van der Waals surface area contributed by atoms with E-state index in [1.54, 1.807) is 57.4 Å². The average molecular weight is 549 g/mol. The Morgan fingerprint density at radius 1 is 1.07 bits per heavy atom. The molecule has 41 heavy (non-hydrogen) atoms. The number of fused-ring (bicyclic) bond motifs is 1. The Morgan fingerprint density at radius 3 is 2.51 bits per heavy atom. The SMILES string of the molecule is CCn1c(-c2ccc(-c3c(C)on(C)c3=O)cc2C#N)cc2cc(C)nc(C(=O)Nc3cccc(C(=O)NC)c3)c21. The molecule has 0 aliphatic rings. The highest BCUT2D eigenvalue weighted by Gasteiger charge is 2.22. The predicted molar refractivity (Wildman–Crippen MR) is 156 cm³/mol. The topological polar surface area (TPSA) is 135 Å². The van der Waals surface area contributed by atoms with Crippen LogP contribution in [0.3, 0.4) is 0 Å². The highest BCUT2D eigenvalue weighted by molar-refractivity contribution is 6.12. The van der Waals surface area contributed by atoms with Crippen molar-refractivity contribution in [2.45, 2.75) is 27.3 Å². The Balaban J connectivity index is 1.62. The highest BCUT2D eigenvalue weighted by Crippen LogP contribution is 2.34. The Bertz CT molecular complexity index is 1950. The molecule has 2 amide bonds. The van der Waals surface area contributed by atoms with Crippen molar-refractivity contribution in [2.24, 2.45) is 7.05 Å². The number of aryl methyl sites for hydroxylation is 4. The average Bonchev–Trinajstić information content (AvgIpc) is 3.46. The molecule has 3 aromatic heterocycles. The van der Waals surface area contributed by atoms with E-state index in [0.717, 1.165) is 15.8 Å². The molecule has 5 rings (SSSR count). The van der Waals surface area contributed by atoms with Crippen molar-refractivity contribution in [3.8, 4) is 28.5 Å². The maximum atomic E-state index is 13.6. The molecule has 2 aromatic carbocycles. The van der Waals surface area contributed by atoms with Crippen LogP contribution in [-0.2, 0) is 13.6 Å². The molecule has 0 aliphatic heterocycles. The van der Waals surface area contributed by atoms with E-state index in [0.29, 0.717) is 57.0 Å². The number of pyridine rings is 1. The van der Waals surface area contributed by atoms with Gasteiger partial charge in [0.25, 0.3) is 17.4 Å². The summed E-state index contributed by atoms with van der Waals surface area (Å²) in [6.45, 7) is 5.98. The monoisotopic (exact) mass is 548 g/mol. The lowest BCUT2D eigenvalue weighted by Crippen LogP contribution is -2.19. The fourth-order valence-electron chi connectivity index (χ4n) is 5.16. The van der Waals surface area contributed by atoms with Crippen molar-refractivity contribution >= 4 is 28.4 Å². The molecular formula is C31H28N6O4. The number of nitrogens with zero attached hydrogens (tertiary/aromatic N) is 4. The summed E-state index contributed by atoms with van der Waals surface area (Å²) in [4.78, 5) is 42.8. The second-order valence-corrected chi connectivity index (χ2v) is 9.64. The maximum Gasteiger partial charge on any atom is 0.290 e. The molecule has 0 radical (unpaired) electrons. The first kappa shape index (κ1) is 27.1. The Morgan fingerprint density at radius 2 is 1.85 bits per heavy atom. The Kier molecular flexibility index (Phi) is 7.03. The number of nitriles is 1. The van der Waals surface area contributed by atoms with Crippen molar-refractivity contribution in [1.29, 1.82) is 5.26 Å². The van der Waals surface area contributed by atoms with E-state index >= 15 is 0 Å². The third kappa shape index (κ3) is 4.78. The first-order valence-electron chi connectivity index (χ1n) is 13.0. The van der Waals surface area contributed by atoms with E-state index in [-0.39, 0.29) is 17.2 Å². The number of benzene rings is 2. The molecule has 0 saturated carbocycles. The van der Waals surface area contributed by atoms with Gasteiger partial charge in [-0.2, -0.15) is 10.0 Å². The number of anilines is 1. The van der Waals surface area contributed by atoms with Gasteiger partial charge in [0, 0.05) is 48.5 Å². The van der Waals surface area contributed by atoms with Gasteiger partial charge in [-0.1, -0.05) is 18.2 Å². The van der Waals surface area contributed by atoms with Crippen LogP contribution in [0.15, 0.2) is 63.9 Å². The highest BCUT2D eigenvalue weighted by atomic mass is 16.5. The minimum atomic E-state index is -0.422. The third-order valence-electron chi connectivity index (χ3n) is 6.97. The molecular weight excluding hydrogens is 520 g/mol. The lowest BCUT2D eigenvalue weighted by molar-refractivity contribution is 0.0961. The van der Waals surface area contributed by atoms with E-state index < -0.39 is 5.91 Å². The number of hydrogen-bond donors (Lipinski definition) is 2. The van der Waals surface area contributed by atoms with Gasteiger partial charge < -0.3 is 19.7 Å². The molecule has 0 unspecified atom stereocenters. The fourth-order valence-corrected chi connectivity index (χ4v) is 5.16. The molecule has 0 bridgehead atoms. The third-order valence-corrected chi connectivity index (χ3v) is 6.97. The summed E-state index contributed by atoms with van der Waals surface area (Å²) in [6, 6.07) is 18.1. The first-order valence-corrected chi connectivity index (χ1v) is 13.0. The first-order chi connectivity index (χ1) is 19.7. The Labute approximate surface area is 235 Å². The standard InChI is InChI=1S/C31H28N6O4/c1-6-37-25(24-11-10-19(13-22(24)16-32)26-18(3)41-36(5)31(26)40)15-21-12-17(2)34-27(28(21)37)30(39)35-23-9-7-8-20(14-23)29(38)33-4/h7-15H,6H2,1-5H3,(H,33,38)(H,35,39). The quantitative estimate of drug-likeness (QED) is 0.314. The van der Waals surface area contributed by atoms with Crippen LogP contribution in [0.4, 0.5) is 5.69 Å². The molecule has 0 fully saturated rings. The van der Waals surface area contributed by atoms with Crippen molar-refractivity contribution < 1.29 is 14.1 Å². The summed E-state index contributed by atoms with van der Waals surface area (Å²) in [6.07, 6.45) is 0. The van der Waals surface area contributed by atoms with E-state index in [4.69, 9.17) is 4.52 Å². The number of aromatic nitrogens is 3. The summed E-state index contributed by atoms with van der Waals surface area (Å²) >= 11 is 0. The molecule has 0 aliphatic carbocycles. The Hall–Kier alpha value is -5.43. The van der Waals surface area contributed by atoms with Crippen LogP contribution in [0.25, 0.3) is 33.3 Å². The van der Waals surface area contributed by atoms with Gasteiger partial charge in [0.05, 0.1) is 28.4 Å². The lowest BCUT2D eigenvalue weighted by atomic mass is 9.98. The van der Waals surface area contributed by atoms with Crippen molar-refractivity contribution in [1.82, 2.24) is 19.6 Å². The van der Waals surface area contributed by atoms with Gasteiger partial charge in [0.15, 0.2) is 5.69 Å². The lowest BCUT2D eigenvalue weighted by Gasteiger charge is -2.13. The summed E-state index contributed by atoms with van der Waals surface area (Å²) in [5.74, 6) is -0.214. The van der Waals surface area contributed by atoms with Crippen molar-refractivity contribution in [3.05, 3.63) is 93.2 Å². The maximum absolute atomic E-state index is 13.6. The molecule has 10 nitrogen and oxygen atoms in total. The van der Waals surface area contributed by atoms with Crippen LogP contribution < -0.4 is 16.2 Å². The normalized spacial score (nSPS) is 10.9. The van der Waals surface area contributed by atoms with Gasteiger partial charge in [-0.25, -0.2) is 4.98 Å². The second kappa shape index (κ2) is 10.6. The van der Waals surface area contributed by atoms with Gasteiger partial charge in [0.2, 0.25) is 0 Å². The molecule has 10 heteroatoms. The van der Waals surface area contributed by atoms with Crippen LogP contribution in [0.5, 0.6) is 0 Å².